The van der Waals surface area contributed by atoms with Gasteiger partial charge in [0.25, 0.3) is 0 Å². The van der Waals surface area contributed by atoms with Crippen molar-refractivity contribution in [2.75, 3.05) is 0 Å². The first kappa shape index (κ1) is 12.3. The average Bonchev–Trinajstić information content (AvgIpc) is 2.97. The number of hydrogen-bond acceptors (Lipinski definition) is 3. The second-order valence-electron chi connectivity index (χ2n) is 4.22. The Hall–Kier alpha value is -1.13. The molecule has 2 heterocycles. The summed E-state index contributed by atoms with van der Waals surface area (Å²) in [5.41, 5.74) is 2.23. The van der Waals surface area contributed by atoms with Gasteiger partial charge in [0.1, 0.15) is 0 Å². The van der Waals surface area contributed by atoms with Crippen molar-refractivity contribution in [1.29, 1.82) is 0 Å². The van der Waals surface area contributed by atoms with Gasteiger partial charge in [-0.2, -0.15) is 16.4 Å². The van der Waals surface area contributed by atoms with Gasteiger partial charge in [-0.05, 0) is 41.7 Å². The van der Waals surface area contributed by atoms with E-state index >= 15 is 0 Å². The molecule has 0 bridgehead atoms. The predicted molar refractivity (Wildman–Crippen MR) is 70.1 cm³/mol. The van der Waals surface area contributed by atoms with Crippen LogP contribution in [-0.2, 0) is 13.0 Å². The van der Waals surface area contributed by atoms with Crippen LogP contribution in [0.5, 0.6) is 0 Å². The predicted octanol–water partition coefficient (Wildman–Crippen LogP) is 3.02. The van der Waals surface area contributed by atoms with Gasteiger partial charge in [-0.25, -0.2) is 0 Å². The Labute approximate surface area is 106 Å². The molecule has 0 saturated carbocycles. The van der Waals surface area contributed by atoms with Crippen molar-refractivity contribution >= 4 is 11.3 Å². The molecule has 2 aromatic rings. The fourth-order valence-electron chi connectivity index (χ4n) is 1.81. The second kappa shape index (κ2) is 5.98. The fraction of sp³-hybridized carbons (Fsp3) is 0.462. The third-order valence-electron chi connectivity index (χ3n) is 2.78. The van der Waals surface area contributed by atoms with E-state index in [1.807, 2.05) is 10.9 Å². The van der Waals surface area contributed by atoms with Crippen LogP contribution in [0.2, 0.25) is 0 Å². The lowest BCUT2D eigenvalue weighted by Gasteiger charge is -2.06. The average molecular weight is 250 g/mol. The number of thiophene rings is 1. The zero-order valence-electron chi connectivity index (χ0n) is 10.0. The zero-order valence-corrected chi connectivity index (χ0v) is 10.9. The molecule has 0 aliphatic rings. The molecule has 17 heavy (non-hydrogen) atoms. The first-order valence-corrected chi connectivity index (χ1v) is 6.95. The van der Waals surface area contributed by atoms with Crippen molar-refractivity contribution < 1.29 is 5.11 Å². The zero-order chi connectivity index (χ0) is 12.1. The number of hydrogen-bond donors (Lipinski definition) is 1. The SMILES string of the molecule is CCCn1cc(C(O)CCc2ccsc2)cn1. The lowest BCUT2D eigenvalue weighted by molar-refractivity contribution is 0.168. The number of aliphatic hydroxyl groups excluding tert-OH is 1. The summed E-state index contributed by atoms with van der Waals surface area (Å²) in [7, 11) is 0. The van der Waals surface area contributed by atoms with Gasteiger partial charge in [-0.3, -0.25) is 4.68 Å². The molecule has 0 aliphatic heterocycles. The molecule has 1 unspecified atom stereocenters. The Morgan fingerprint density at radius 2 is 2.41 bits per heavy atom. The normalized spacial score (nSPS) is 12.8. The van der Waals surface area contributed by atoms with Crippen molar-refractivity contribution in [3.8, 4) is 0 Å². The maximum atomic E-state index is 10.1. The van der Waals surface area contributed by atoms with Crippen LogP contribution >= 0.6 is 11.3 Å². The Balaban J connectivity index is 1.88. The van der Waals surface area contributed by atoms with E-state index in [2.05, 4.69) is 28.8 Å². The number of aromatic nitrogens is 2. The third kappa shape index (κ3) is 3.41. The van der Waals surface area contributed by atoms with Gasteiger partial charge in [0.15, 0.2) is 0 Å². The van der Waals surface area contributed by atoms with E-state index in [0.717, 1.165) is 31.4 Å². The van der Waals surface area contributed by atoms with Crippen LogP contribution in [0.3, 0.4) is 0 Å². The Kier molecular flexibility index (Phi) is 4.34. The highest BCUT2D eigenvalue weighted by molar-refractivity contribution is 7.07. The Morgan fingerprint density at radius 1 is 1.53 bits per heavy atom. The number of nitrogens with zero attached hydrogens (tertiary/aromatic N) is 2. The van der Waals surface area contributed by atoms with Gasteiger partial charge in [-0.1, -0.05) is 6.92 Å². The maximum Gasteiger partial charge on any atom is 0.0823 e. The quantitative estimate of drug-likeness (QED) is 0.855. The lowest BCUT2D eigenvalue weighted by Crippen LogP contribution is -1.99. The first-order valence-electron chi connectivity index (χ1n) is 6.01. The maximum absolute atomic E-state index is 10.1. The summed E-state index contributed by atoms with van der Waals surface area (Å²) in [5, 5.41) is 18.5. The minimum atomic E-state index is -0.402. The highest BCUT2D eigenvalue weighted by Gasteiger charge is 2.10. The molecule has 3 nitrogen and oxygen atoms in total. The van der Waals surface area contributed by atoms with Crippen molar-refractivity contribution in [2.45, 2.75) is 38.8 Å². The summed E-state index contributed by atoms with van der Waals surface area (Å²) in [6.45, 7) is 3.03. The summed E-state index contributed by atoms with van der Waals surface area (Å²) < 4.78 is 1.89. The topological polar surface area (TPSA) is 38.0 Å². The molecule has 0 saturated heterocycles. The molecule has 0 amide bonds. The summed E-state index contributed by atoms with van der Waals surface area (Å²) in [6, 6.07) is 2.11. The van der Waals surface area contributed by atoms with Crippen molar-refractivity contribution in [1.82, 2.24) is 9.78 Å². The van der Waals surface area contributed by atoms with Crippen molar-refractivity contribution in [2.24, 2.45) is 0 Å². The summed E-state index contributed by atoms with van der Waals surface area (Å²) in [5.74, 6) is 0. The molecule has 92 valence electrons. The Bertz CT molecular complexity index is 436. The molecular weight excluding hydrogens is 232 g/mol. The van der Waals surface area contributed by atoms with Crippen LogP contribution in [-0.4, -0.2) is 14.9 Å². The Morgan fingerprint density at radius 3 is 3.12 bits per heavy atom. The second-order valence-corrected chi connectivity index (χ2v) is 5.00. The van der Waals surface area contributed by atoms with Crippen molar-refractivity contribution in [3.05, 3.63) is 40.3 Å². The van der Waals surface area contributed by atoms with Crippen LogP contribution in [0.4, 0.5) is 0 Å². The highest BCUT2D eigenvalue weighted by atomic mass is 32.1. The highest BCUT2D eigenvalue weighted by Crippen LogP contribution is 2.19. The van der Waals surface area contributed by atoms with Crippen LogP contribution in [0.25, 0.3) is 0 Å². The minimum Gasteiger partial charge on any atom is -0.388 e. The van der Waals surface area contributed by atoms with E-state index in [-0.39, 0.29) is 0 Å². The molecule has 4 heteroatoms. The van der Waals surface area contributed by atoms with E-state index < -0.39 is 6.10 Å². The molecule has 0 radical (unpaired) electrons. The van der Waals surface area contributed by atoms with Gasteiger partial charge < -0.3 is 5.11 Å². The van der Waals surface area contributed by atoms with Gasteiger partial charge in [0.2, 0.25) is 0 Å². The van der Waals surface area contributed by atoms with E-state index in [0.29, 0.717) is 0 Å². The standard InChI is InChI=1S/C13H18N2OS/c1-2-6-15-9-12(8-14-15)13(16)4-3-11-5-7-17-10-11/h5,7-10,13,16H,2-4,6H2,1H3. The molecule has 0 fully saturated rings. The number of rotatable bonds is 6. The molecule has 0 aromatic carbocycles. The first-order chi connectivity index (χ1) is 8.29. The summed E-state index contributed by atoms with van der Waals surface area (Å²) in [4.78, 5) is 0. The molecule has 2 aromatic heterocycles. The van der Waals surface area contributed by atoms with Crippen LogP contribution in [0.1, 0.15) is 37.0 Å². The van der Waals surface area contributed by atoms with Crippen molar-refractivity contribution in [3.63, 3.8) is 0 Å². The molecule has 1 atom stereocenters. The number of aliphatic hydroxyl groups is 1. The van der Waals surface area contributed by atoms with Gasteiger partial charge >= 0.3 is 0 Å². The monoisotopic (exact) mass is 250 g/mol. The molecule has 0 aliphatic carbocycles. The third-order valence-corrected chi connectivity index (χ3v) is 3.51. The number of aryl methyl sites for hydroxylation is 2. The van der Waals surface area contributed by atoms with Gasteiger partial charge in [0, 0.05) is 18.3 Å². The smallest absolute Gasteiger partial charge is 0.0823 e. The molecular formula is C13H18N2OS. The van der Waals surface area contributed by atoms with E-state index in [1.54, 1.807) is 17.5 Å². The minimum absolute atomic E-state index is 0.402. The summed E-state index contributed by atoms with van der Waals surface area (Å²) >= 11 is 1.70. The fourth-order valence-corrected chi connectivity index (χ4v) is 2.51. The molecule has 0 spiro atoms. The van der Waals surface area contributed by atoms with Crippen LogP contribution < -0.4 is 0 Å². The van der Waals surface area contributed by atoms with E-state index in [1.165, 1.54) is 5.56 Å². The lowest BCUT2D eigenvalue weighted by atomic mass is 10.1. The van der Waals surface area contributed by atoms with Crippen LogP contribution in [0.15, 0.2) is 29.2 Å². The largest absolute Gasteiger partial charge is 0.388 e. The molecule has 1 N–H and O–H groups in total. The van der Waals surface area contributed by atoms with E-state index in [9.17, 15) is 5.11 Å². The van der Waals surface area contributed by atoms with Gasteiger partial charge in [0.05, 0.1) is 12.3 Å². The summed E-state index contributed by atoms with van der Waals surface area (Å²) in [6.07, 6.45) is 6.06. The molecule has 2 rings (SSSR count). The van der Waals surface area contributed by atoms with E-state index in [4.69, 9.17) is 0 Å². The van der Waals surface area contributed by atoms with Crippen LogP contribution in [0, 0.1) is 0 Å². The van der Waals surface area contributed by atoms with Gasteiger partial charge in [-0.15, -0.1) is 0 Å².